The van der Waals surface area contributed by atoms with Gasteiger partial charge in [-0.05, 0) is 18.9 Å². The van der Waals surface area contributed by atoms with E-state index in [2.05, 4.69) is 27.4 Å². The van der Waals surface area contributed by atoms with Crippen molar-refractivity contribution in [2.24, 2.45) is 0 Å². The van der Waals surface area contributed by atoms with E-state index in [0.29, 0.717) is 12.5 Å². The number of anilines is 1. The topological polar surface area (TPSA) is 56.3 Å². The van der Waals surface area contributed by atoms with E-state index in [1.165, 1.54) is 11.9 Å². The predicted molar refractivity (Wildman–Crippen MR) is 80.4 cm³/mol. The van der Waals surface area contributed by atoms with E-state index in [0.717, 1.165) is 18.8 Å². The van der Waals surface area contributed by atoms with Gasteiger partial charge < -0.3 is 14.8 Å². The maximum Gasteiger partial charge on any atom is 0.218 e. The molecule has 2 aromatic rings. The normalized spacial score (nSPS) is 21.2. The molecule has 0 spiro atoms. The van der Waals surface area contributed by atoms with E-state index in [-0.39, 0.29) is 12.1 Å². The van der Waals surface area contributed by atoms with Gasteiger partial charge in [0, 0.05) is 12.7 Å². The highest BCUT2D eigenvalue weighted by Gasteiger charge is 2.29. The summed E-state index contributed by atoms with van der Waals surface area (Å²) in [5.41, 5.74) is 1.19. The van der Waals surface area contributed by atoms with Gasteiger partial charge in [-0.15, -0.1) is 0 Å². The van der Waals surface area contributed by atoms with Crippen LogP contribution in [0.15, 0.2) is 42.7 Å². The van der Waals surface area contributed by atoms with Crippen molar-refractivity contribution in [3.63, 3.8) is 0 Å². The maximum absolute atomic E-state index is 5.86. The molecule has 1 aromatic heterocycles. The van der Waals surface area contributed by atoms with E-state index in [1.807, 2.05) is 31.2 Å². The van der Waals surface area contributed by atoms with Crippen LogP contribution in [-0.2, 0) is 4.74 Å². The average molecular weight is 285 g/mol. The highest BCUT2D eigenvalue weighted by atomic mass is 16.5. The lowest BCUT2D eigenvalue weighted by atomic mass is 10.0. The molecule has 0 aliphatic carbocycles. The molecule has 3 rings (SSSR count). The molecule has 0 saturated carbocycles. The molecule has 21 heavy (non-hydrogen) atoms. The number of aromatic nitrogens is 2. The van der Waals surface area contributed by atoms with E-state index in [9.17, 15) is 0 Å². The van der Waals surface area contributed by atoms with Gasteiger partial charge in [0.05, 0.1) is 12.6 Å². The van der Waals surface area contributed by atoms with Crippen LogP contribution in [0.2, 0.25) is 0 Å². The molecule has 1 saturated heterocycles. The van der Waals surface area contributed by atoms with Gasteiger partial charge >= 0.3 is 0 Å². The molecule has 1 aliphatic heterocycles. The summed E-state index contributed by atoms with van der Waals surface area (Å²) >= 11 is 0. The SMILES string of the molecule is CCOc1cc(NC2CCOC2c2ccccc2)ncn1. The summed E-state index contributed by atoms with van der Waals surface area (Å²) in [4.78, 5) is 8.33. The molecular formula is C16H19N3O2. The second-order valence-electron chi connectivity index (χ2n) is 4.92. The molecule has 2 unspecified atom stereocenters. The molecule has 0 bridgehead atoms. The summed E-state index contributed by atoms with van der Waals surface area (Å²) in [6, 6.07) is 12.3. The number of benzene rings is 1. The fourth-order valence-corrected chi connectivity index (χ4v) is 2.54. The second kappa shape index (κ2) is 6.54. The Labute approximate surface area is 124 Å². The van der Waals surface area contributed by atoms with Crippen LogP contribution in [0, 0.1) is 0 Å². The van der Waals surface area contributed by atoms with Crippen LogP contribution in [0.3, 0.4) is 0 Å². The van der Waals surface area contributed by atoms with Crippen molar-refractivity contribution in [1.29, 1.82) is 0 Å². The molecule has 0 radical (unpaired) electrons. The number of ether oxygens (including phenoxy) is 2. The molecule has 2 atom stereocenters. The number of nitrogens with zero attached hydrogens (tertiary/aromatic N) is 2. The molecule has 1 aromatic carbocycles. The highest BCUT2D eigenvalue weighted by Crippen LogP contribution is 2.31. The Balaban J connectivity index is 1.73. The minimum absolute atomic E-state index is 0.0525. The summed E-state index contributed by atoms with van der Waals surface area (Å²) in [6.45, 7) is 3.28. The third-order valence-electron chi connectivity index (χ3n) is 3.49. The lowest BCUT2D eigenvalue weighted by Crippen LogP contribution is -2.23. The van der Waals surface area contributed by atoms with Crippen LogP contribution < -0.4 is 10.1 Å². The standard InChI is InChI=1S/C16H19N3O2/c1-2-20-15-10-14(17-11-18-15)19-13-8-9-21-16(13)12-6-4-3-5-7-12/h3-7,10-11,13,16H,2,8-9H2,1H3,(H,17,18,19). The van der Waals surface area contributed by atoms with Gasteiger partial charge in [0.2, 0.25) is 5.88 Å². The van der Waals surface area contributed by atoms with Crippen LogP contribution >= 0.6 is 0 Å². The van der Waals surface area contributed by atoms with Gasteiger partial charge in [0.15, 0.2) is 0 Å². The number of hydrogen-bond donors (Lipinski definition) is 1. The van der Waals surface area contributed by atoms with Crippen molar-refractivity contribution in [1.82, 2.24) is 9.97 Å². The second-order valence-corrected chi connectivity index (χ2v) is 4.92. The Morgan fingerprint density at radius 1 is 1.29 bits per heavy atom. The minimum Gasteiger partial charge on any atom is -0.478 e. The number of nitrogens with one attached hydrogen (secondary N) is 1. The zero-order valence-corrected chi connectivity index (χ0v) is 12.0. The summed E-state index contributed by atoms with van der Waals surface area (Å²) in [7, 11) is 0. The van der Waals surface area contributed by atoms with Gasteiger partial charge in [0.25, 0.3) is 0 Å². The van der Waals surface area contributed by atoms with Gasteiger partial charge in [-0.1, -0.05) is 30.3 Å². The Morgan fingerprint density at radius 3 is 2.95 bits per heavy atom. The van der Waals surface area contributed by atoms with Crippen molar-refractivity contribution >= 4 is 5.82 Å². The molecule has 2 heterocycles. The summed E-state index contributed by atoms with van der Waals surface area (Å²) < 4.78 is 11.3. The van der Waals surface area contributed by atoms with Crippen molar-refractivity contribution in [2.75, 3.05) is 18.5 Å². The first-order valence-electron chi connectivity index (χ1n) is 7.24. The van der Waals surface area contributed by atoms with Gasteiger partial charge in [-0.25, -0.2) is 9.97 Å². The van der Waals surface area contributed by atoms with E-state index < -0.39 is 0 Å². The van der Waals surface area contributed by atoms with Crippen LogP contribution in [0.25, 0.3) is 0 Å². The third kappa shape index (κ3) is 3.31. The Hall–Kier alpha value is -2.14. The van der Waals surface area contributed by atoms with Crippen molar-refractivity contribution in [3.8, 4) is 5.88 Å². The quantitative estimate of drug-likeness (QED) is 0.915. The zero-order valence-electron chi connectivity index (χ0n) is 12.0. The molecular weight excluding hydrogens is 266 g/mol. The van der Waals surface area contributed by atoms with Crippen LogP contribution in [0.5, 0.6) is 5.88 Å². The Kier molecular flexibility index (Phi) is 4.31. The van der Waals surface area contributed by atoms with Crippen molar-refractivity contribution in [3.05, 3.63) is 48.3 Å². The lowest BCUT2D eigenvalue weighted by Gasteiger charge is -2.20. The Bertz CT molecular complexity index is 577. The first-order valence-corrected chi connectivity index (χ1v) is 7.24. The first kappa shape index (κ1) is 13.8. The van der Waals surface area contributed by atoms with Crippen LogP contribution in [0.4, 0.5) is 5.82 Å². The lowest BCUT2D eigenvalue weighted by molar-refractivity contribution is 0.107. The fraction of sp³-hybridized carbons (Fsp3) is 0.375. The Morgan fingerprint density at radius 2 is 2.14 bits per heavy atom. The van der Waals surface area contributed by atoms with Crippen LogP contribution in [0.1, 0.15) is 25.0 Å². The molecule has 1 aliphatic rings. The first-order chi connectivity index (χ1) is 10.4. The van der Waals surface area contributed by atoms with Crippen LogP contribution in [-0.4, -0.2) is 29.2 Å². The summed E-state index contributed by atoms with van der Waals surface area (Å²) in [6.07, 6.45) is 2.52. The summed E-state index contributed by atoms with van der Waals surface area (Å²) in [5.74, 6) is 1.36. The largest absolute Gasteiger partial charge is 0.478 e. The molecule has 1 fully saturated rings. The summed E-state index contributed by atoms with van der Waals surface area (Å²) in [5, 5.41) is 3.43. The fourth-order valence-electron chi connectivity index (χ4n) is 2.54. The van der Waals surface area contributed by atoms with Gasteiger partial charge in [-0.3, -0.25) is 0 Å². The third-order valence-corrected chi connectivity index (χ3v) is 3.49. The average Bonchev–Trinajstić information content (AvgIpc) is 2.97. The molecule has 5 nitrogen and oxygen atoms in total. The van der Waals surface area contributed by atoms with E-state index in [1.54, 1.807) is 0 Å². The molecule has 0 amide bonds. The maximum atomic E-state index is 5.86. The van der Waals surface area contributed by atoms with E-state index in [4.69, 9.17) is 9.47 Å². The number of rotatable bonds is 5. The van der Waals surface area contributed by atoms with Crippen molar-refractivity contribution < 1.29 is 9.47 Å². The smallest absolute Gasteiger partial charge is 0.218 e. The highest BCUT2D eigenvalue weighted by molar-refractivity contribution is 5.39. The monoisotopic (exact) mass is 285 g/mol. The van der Waals surface area contributed by atoms with E-state index >= 15 is 0 Å². The molecule has 1 N–H and O–H groups in total. The zero-order chi connectivity index (χ0) is 14.5. The minimum atomic E-state index is 0.0525. The number of hydrogen-bond acceptors (Lipinski definition) is 5. The molecule has 110 valence electrons. The molecule has 5 heteroatoms. The predicted octanol–water partition coefficient (Wildman–Crippen LogP) is 2.82. The van der Waals surface area contributed by atoms with Gasteiger partial charge in [-0.2, -0.15) is 0 Å². The van der Waals surface area contributed by atoms with Gasteiger partial charge in [0.1, 0.15) is 18.2 Å². The van der Waals surface area contributed by atoms with Crippen molar-refractivity contribution in [2.45, 2.75) is 25.5 Å².